The van der Waals surface area contributed by atoms with E-state index in [-0.39, 0.29) is 5.91 Å². The van der Waals surface area contributed by atoms with Crippen molar-refractivity contribution in [2.75, 3.05) is 27.3 Å². The smallest absolute Gasteiger partial charge is 0.226 e. The van der Waals surface area contributed by atoms with Gasteiger partial charge in [-0.1, -0.05) is 24.3 Å². The minimum atomic E-state index is 0.169. The lowest BCUT2D eigenvalue weighted by atomic mass is 9.93. The number of aromatic nitrogens is 1. The number of likely N-dealkylation sites (tertiary alicyclic amines) is 1. The van der Waals surface area contributed by atoms with E-state index in [0.717, 1.165) is 31.5 Å². The zero-order valence-corrected chi connectivity index (χ0v) is 16.4. The summed E-state index contributed by atoms with van der Waals surface area (Å²) >= 11 is 0. The second-order valence-electron chi connectivity index (χ2n) is 7.33. The first kappa shape index (κ1) is 18.4. The first-order chi connectivity index (χ1) is 13.7. The summed E-state index contributed by atoms with van der Waals surface area (Å²) in [4.78, 5) is 18.3. The molecule has 0 unspecified atom stereocenters. The van der Waals surface area contributed by atoms with Gasteiger partial charge in [0.05, 0.1) is 20.6 Å². The van der Waals surface area contributed by atoms with E-state index in [2.05, 4.69) is 35.3 Å². The van der Waals surface area contributed by atoms with Gasteiger partial charge in [0.25, 0.3) is 0 Å². The van der Waals surface area contributed by atoms with E-state index in [1.54, 1.807) is 14.2 Å². The maximum atomic E-state index is 12.8. The monoisotopic (exact) mass is 378 g/mol. The van der Waals surface area contributed by atoms with Crippen LogP contribution < -0.4 is 9.47 Å². The Morgan fingerprint density at radius 2 is 1.79 bits per heavy atom. The first-order valence-corrected chi connectivity index (χ1v) is 9.74. The van der Waals surface area contributed by atoms with Crippen molar-refractivity contribution in [3.8, 4) is 11.5 Å². The zero-order chi connectivity index (χ0) is 19.5. The Bertz CT molecular complexity index is 938. The molecule has 1 aliphatic heterocycles. The Morgan fingerprint density at radius 1 is 1.04 bits per heavy atom. The molecule has 146 valence electrons. The molecule has 2 heterocycles. The number of amides is 1. The number of aromatic amines is 1. The number of H-pyrrole nitrogens is 1. The minimum absolute atomic E-state index is 0.169. The van der Waals surface area contributed by atoms with Crippen molar-refractivity contribution in [2.24, 2.45) is 0 Å². The number of ether oxygens (including phenoxy) is 2. The number of para-hydroxylation sites is 1. The van der Waals surface area contributed by atoms with Crippen LogP contribution in [-0.2, 0) is 11.2 Å². The SMILES string of the molecule is COc1ccc(CC(=O)N2CCC(c3cc4ccccc4[nH]3)CC2)cc1OC. The summed E-state index contributed by atoms with van der Waals surface area (Å²) in [7, 11) is 3.22. The second-order valence-corrected chi connectivity index (χ2v) is 7.33. The Hall–Kier alpha value is -2.95. The maximum Gasteiger partial charge on any atom is 0.226 e. The third kappa shape index (κ3) is 3.70. The van der Waals surface area contributed by atoms with Gasteiger partial charge in [0.1, 0.15) is 0 Å². The molecule has 28 heavy (non-hydrogen) atoms. The number of fused-ring (bicyclic) bond motifs is 1. The molecule has 3 aromatic rings. The molecule has 1 amide bonds. The van der Waals surface area contributed by atoms with Gasteiger partial charge in [0, 0.05) is 30.2 Å². The summed E-state index contributed by atoms with van der Waals surface area (Å²) in [5.74, 6) is 1.99. The van der Waals surface area contributed by atoms with Crippen molar-refractivity contribution < 1.29 is 14.3 Å². The molecule has 0 radical (unpaired) electrons. The Morgan fingerprint density at radius 3 is 2.50 bits per heavy atom. The van der Waals surface area contributed by atoms with Crippen LogP contribution in [0.3, 0.4) is 0 Å². The zero-order valence-electron chi connectivity index (χ0n) is 16.4. The normalized spacial score (nSPS) is 15.0. The molecule has 0 aliphatic carbocycles. The van der Waals surface area contributed by atoms with E-state index < -0.39 is 0 Å². The minimum Gasteiger partial charge on any atom is -0.493 e. The summed E-state index contributed by atoms with van der Waals surface area (Å²) < 4.78 is 10.6. The standard InChI is InChI=1S/C23H26N2O3/c1-27-21-8-7-16(13-22(21)28-2)14-23(26)25-11-9-17(10-12-25)20-15-18-5-3-4-6-19(18)24-20/h3-8,13,15,17,24H,9-12,14H2,1-2H3. The number of carbonyl (C=O) groups is 1. The number of methoxy groups -OCH3 is 2. The molecule has 5 heteroatoms. The molecule has 1 aliphatic rings. The van der Waals surface area contributed by atoms with Crippen molar-refractivity contribution in [1.82, 2.24) is 9.88 Å². The highest BCUT2D eigenvalue weighted by Crippen LogP contribution is 2.31. The Balaban J connectivity index is 1.37. The van der Waals surface area contributed by atoms with Crippen molar-refractivity contribution in [3.05, 3.63) is 59.8 Å². The van der Waals surface area contributed by atoms with Gasteiger partial charge in [-0.05, 0) is 48.1 Å². The highest BCUT2D eigenvalue weighted by molar-refractivity contribution is 5.81. The molecule has 5 nitrogen and oxygen atoms in total. The highest BCUT2D eigenvalue weighted by Gasteiger charge is 2.25. The quantitative estimate of drug-likeness (QED) is 0.726. The molecule has 1 N–H and O–H groups in total. The first-order valence-electron chi connectivity index (χ1n) is 9.74. The molecule has 1 fully saturated rings. The lowest BCUT2D eigenvalue weighted by Crippen LogP contribution is -2.38. The van der Waals surface area contributed by atoms with Crippen LogP contribution in [0.5, 0.6) is 11.5 Å². The largest absolute Gasteiger partial charge is 0.493 e. The van der Waals surface area contributed by atoms with E-state index in [4.69, 9.17) is 9.47 Å². The molecule has 1 aromatic heterocycles. The number of piperidine rings is 1. The van der Waals surface area contributed by atoms with E-state index in [1.807, 2.05) is 23.1 Å². The van der Waals surface area contributed by atoms with Crippen LogP contribution in [0.25, 0.3) is 10.9 Å². The van der Waals surface area contributed by atoms with E-state index in [1.165, 1.54) is 16.6 Å². The summed E-state index contributed by atoms with van der Waals surface area (Å²) in [5.41, 5.74) is 3.41. The van der Waals surface area contributed by atoms with E-state index in [9.17, 15) is 4.79 Å². The molecule has 0 saturated carbocycles. The predicted octanol–water partition coefficient (Wildman–Crippen LogP) is 4.13. The number of hydrogen-bond donors (Lipinski definition) is 1. The van der Waals surface area contributed by atoms with Gasteiger partial charge in [-0.25, -0.2) is 0 Å². The average Bonchev–Trinajstić information content (AvgIpc) is 3.18. The third-order valence-corrected chi connectivity index (χ3v) is 5.64. The van der Waals surface area contributed by atoms with Gasteiger partial charge in [-0.2, -0.15) is 0 Å². The van der Waals surface area contributed by atoms with E-state index >= 15 is 0 Å². The highest BCUT2D eigenvalue weighted by atomic mass is 16.5. The summed E-state index contributed by atoms with van der Waals surface area (Å²) in [6, 6.07) is 16.3. The molecule has 4 rings (SSSR count). The molecular weight excluding hydrogens is 352 g/mol. The third-order valence-electron chi connectivity index (χ3n) is 5.64. The molecular formula is C23H26N2O3. The number of benzene rings is 2. The molecule has 2 aromatic carbocycles. The maximum absolute atomic E-state index is 12.8. The van der Waals surface area contributed by atoms with Crippen molar-refractivity contribution in [1.29, 1.82) is 0 Å². The van der Waals surface area contributed by atoms with Crippen LogP contribution in [0.1, 0.15) is 30.0 Å². The van der Waals surface area contributed by atoms with Crippen LogP contribution in [0.4, 0.5) is 0 Å². The molecule has 0 atom stereocenters. The van der Waals surface area contributed by atoms with Gasteiger partial charge in [-0.15, -0.1) is 0 Å². The fourth-order valence-electron chi connectivity index (χ4n) is 4.03. The van der Waals surface area contributed by atoms with Crippen LogP contribution in [0.2, 0.25) is 0 Å². The molecule has 0 spiro atoms. The van der Waals surface area contributed by atoms with Crippen LogP contribution in [-0.4, -0.2) is 43.1 Å². The topological polar surface area (TPSA) is 54.6 Å². The molecule has 1 saturated heterocycles. The fourth-order valence-corrected chi connectivity index (χ4v) is 4.03. The number of carbonyl (C=O) groups excluding carboxylic acids is 1. The fraction of sp³-hybridized carbons (Fsp3) is 0.348. The van der Waals surface area contributed by atoms with Crippen LogP contribution in [0, 0.1) is 0 Å². The van der Waals surface area contributed by atoms with Gasteiger partial charge in [0.2, 0.25) is 5.91 Å². The van der Waals surface area contributed by atoms with Crippen LogP contribution in [0.15, 0.2) is 48.5 Å². The second kappa shape index (κ2) is 7.97. The number of hydrogen-bond acceptors (Lipinski definition) is 3. The van der Waals surface area contributed by atoms with Crippen LogP contribution >= 0.6 is 0 Å². The lowest BCUT2D eigenvalue weighted by molar-refractivity contribution is -0.131. The van der Waals surface area contributed by atoms with Crippen molar-refractivity contribution >= 4 is 16.8 Å². The van der Waals surface area contributed by atoms with Gasteiger partial charge in [-0.3, -0.25) is 4.79 Å². The number of rotatable bonds is 5. The molecule has 0 bridgehead atoms. The average molecular weight is 378 g/mol. The Labute approximate surface area is 165 Å². The summed E-state index contributed by atoms with van der Waals surface area (Å²) in [6.07, 6.45) is 2.37. The van der Waals surface area contributed by atoms with Gasteiger partial charge < -0.3 is 19.4 Å². The van der Waals surface area contributed by atoms with Crippen molar-refractivity contribution in [3.63, 3.8) is 0 Å². The van der Waals surface area contributed by atoms with E-state index in [0.29, 0.717) is 23.8 Å². The lowest BCUT2D eigenvalue weighted by Gasteiger charge is -2.31. The Kier molecular flexibility index (Phi) is 5.24. The summed E-state index contributed by atoms with van der Waals surface area (Å²) in [6.45, 7) is 1.60. The van der Waals surface area contributed by atoms with Gasteiger partial charge in [0.15, 0.2) is 11.5 Å². The number of nitrogens with one attached hydrogen (secondary N) is 1. The van der Waals surface area contributed by atoms with Crippen molar-refractivity contribution in [2.45, 2.75) is 25.2 Å². The van der Waals surface area contributed by atoms with Gasteiger partial charge >= 0.3 is 0 Å². The predicted molar refractivity (Wildman–Crippen MR) is 110 cm³/mol. The summed E-state index contributed by atoms with van der Waals surface area (Å²) in [5, 5.41) is 1.25. The number of nitrogens with zero attached hydrogens (tertiary/aromatic N) is 1.